The molecule has 0 atom stereocenters. The van der Waals surface area contributed by atoms with Crippen molar-refractivity contribution in [3.05, 3.63) is 56.5 Å². The number of rotatable bonds is 2. The van der Waals surface area contributed by atoms with Crippen LogP contribution in [0.2, 0.25) is 5.02 Å². The van der Waals surface area contributed by atoms with Crippen LogP contribution in [0.25, 0.3) is 0 Å². The third-order valence-electron chi connectivity index (χ3n) is 3.15. The zero-order valence-electron chi connectivity index (χ0n) is 10.4. The van der Waals surface area contributed by atoms with Crippen molar-refractivity contribution >= 4 is 17.4 Å². The first-order valence-electron chi connectivity index (χ1n) is 5.47. The summed E-state index contributed by atoms with van der Waals surface area (Å²) in [4.78, 5) is 24.4. The third kappa shape index (κ3) is 1.78. The van der Waals surface area contributed by atoms with Crippen LogP contribution in [0.1, 0.15) is 21.6 Å². The predicted molar refractivity (Wildman–Crippen MR) is 70.3 cm³/mol. The van der Waals surface area contributed by atoms with E-state index in [-0.39, 0.29) is 16.9 Å². The normalized spacial score (nSPS) is 10.7. The van der Waals surface area contributed by atoms with Crippen molar-refractivity contribution in [2.24, 2.45) is 14.1 Å². The minimum absolute atomic E-state index is 0.174. The Morgan fingerprint density at radius 1 is 1.17 bits per heavy atom. The Kier molecular flexibility index (Phi) is 3.13. The molecule has 5 heteroatoms. The molecule has 0 spiro atoms. The number of benzene rings is 1. The molecule has 0 radical (unpaired) electrons. The van der Waals surface area contributed by atoms with Gasteiger partial charge in [-0.2, -0.15) is 0 Å². The quantitative estimate of drug-likeness (QED) is 0.778. The van der Waals surface area contributed by atoms with Crippen LogP contribution in [0, 0.1) is 6.92 Å². The predicted octanol–water partition coefficient (Wildman–Crippen LogP) is 1.92. The van der Waals surface area contributed by atoms with E-state index in [1.54, 1.807) is 50.0 Å². The van der Waals surface area contributed by atoms with Crippen LogP contribution in [-0.4, -0.2) is 15.1 Å². The van der Waals surface area contributed by atoms with E-state index in [1.807, 2.05) is 0 Å². The first-order valence-corrected chi connectivity index (χ1v) is 5.84. The van der Waals surface area contributed by atoms with Crippen LogP contribution < -0.4 is 5.56 Å². The van der Waals surface area contributed by atoms with Gasteiger partial charge in [0.05, 0.1) is 5.02 Å². The van der Waals surface area contributed by atoms with Gasteiger partial charge < -0.3 is 0 Å². The first-order chi connectivity index (χ1) is 8.45. The van der Waals surface area contributed by atoms with Crippen molar-refractivity contribution in [3.63, 3.8) is 0 Å². The highest BCUT2D eigenvalue weighted by Gasteiger charge is 2.22. The van der Waals surface area contributed by atoms with Crippen LogP contribution in [0.3, 0.4) is 0 Å². The lowest BCUT2D eigenvalue weighted by Crippen LogP contribution is -2.21. The number of ketones is 1. The molecule has 18 heavy (non-hydrogen) atoms. The number of hydrogen-bond acceptors (Lipinski definition) is 2. The molecule has 0 bridgehead atoms. The molecule has 1 heterocycles. The van der Waals surface area contributed by atoms with Gasteiger partial charge in [-0.05, 0) is 19.1 Å². The molecule has 0 aliphatic carbocycles. The SMILES string of the molecule is Cc1c(C(=O)c2ccccc2Cl)c(=O)n(C)n1C. The number of carbonyl (C=O) groups excluding carboxylic acids is 1. The van der Waals surface area contributed by atoms with Crippen molar-refractivity contribution in [2.45, 2.75) is 6.92 Å². The second-order valence-corrected chi connectivity index (χ2v) is 4.53. The van der Waals surface area contributed by atoms with Gasteiger partial charge in [0, 0.05) is 25.4 Å². The summed E-state index contributed by atoms with van der Waals surface area (Å²) in [6, 6.07) is 6.73. The van der Waals surface area contributed by atoms with Gasteiger partial charge in [-0.3, -0.25) is 19.0 Å². The van der Waals surface area contributed by atoms with Gasteiger partial charge in [0.1, 0.15) is 5.56 Å². The summed E-state index contributed by atoms with van der Waals surface area (Å²) in [5.74, 6) is -0.334. The van der Waals surface area contributed by atoms with E-state index in [4.69, 9.17) is 11.6 Å². The molecule has 0 aliphatic rings. The molecule has 94 valence electrons. The second kappa shape index (κ2) is 4.46. The molecule has 0 aliphatic heterocycles. The molecule has 0 amide bonds. The Labute approximate surface area is 109 Å². The van der Waals surface area contributed by atoms with E-state index < -0.39 is 0 Å². The number of nitrogens with zero attached hydrogens (tertiary/aromatic N) is 2. The average molecular weight is 265 g/mol. The first kappa shape index (κ1) is 12.6. The van der Waals surface area contributed by atoms with Crippen molar-refractivity contribution < 1.29 is 4.79 Å². The summed E-state index contributed by atoms with van der Waals surface area (Å²) >= 11 is 5.98. The van der Waals surface area contributed by atoms with Crippen molar-refractivity contribution in [2.75, 3.05) is 0 Å². The molecule has 0 unspecified atom stereocenters. The lowest BCUT2D eigenvalue weighted by atomic mass is 10.0. The maximum Gasteiger partial charge on any atom is 0.277 e. The number of carbonyl (C=O) groups is 1. The van der Waals surface area contributed by atoms with Gasteiger partial charge in [-0.1, -0.05) is 23.7 Å². The highest BCUT2D eigenvalue weighted by Crippen LogP contribution is 2.19. The van der Waals surface area contributed by atoms with E-state index in [0.717, 1.165) is 0 Å². The highest BCUT2D eigenvalue weighted by atomic mass is 35.5. The Hall–Kier alpha value is -1.81. The molecule has 1 aromatic heterocycles. The van der Waals surface area contributed by atoms with Gasteiger partial charge in [0.15, 0.2) is 0 Å². The summed E-state index contributed by atoms with van der Waals surface area (Å²) < 4.78 is 3.05. The summed E-state index contributed by atoms with van der Waals surface area (Å²) in [7, 11) is 3.36. The van der Waals surface area contributed by atoms with Crippen molar-refractivity contribution in [1.82, 2.24) is 9.36 Å². The molecule has 1 aromatic carbocycles. The minimum Gasteiger partial charge on any atom is -0.290 e. The Morgan fingerprint density at radius 2 is 1.78 bits per heavy atom. The average Bonchev–Trinajstić information content (AvgIpc) is 2.54. The molecule has 0 fully saturated rings. The summed E-state index contributed by atoms with van der Waals surface area (Å²) in [5.41, 5.74) is 0.853. The third-order valence-corrected chi connectivity index (χ3v) is 3.48. The van der Waals surface area contributed by atoms with Gasteiger partial charge in [0.2, 0.25) is 5.78 Å². The standard InChI is InChI=1S/C13H13ClN2O2/c1-8-11(13(18)16(3)15(8)2)12(17)9-6-4-5-7-10(9)14/h4-7H,1-3H3. The summed E-state index contributed by atoms with van der Waals surface area (Å²) in [5, 5.41) is 0.354. The summed E-state index contributed by atoms with van der Waals surface area (Å²) in [6.45, 7) is 1.74. The van der Waals surface area contributed by atoms with Gasteiger partial charge in [0.25, 0.3) is 5.56 Å². The van der Waals surface area contributed by atoms with Crippen LogP contribution in [-0.2, 0) is 14.1 Å². The van der Waals surface area contributed by atoms with Crippen LogP contribution in [0.15, 0.2) is 29.1 Å². The number of hydrogen-bond donors (Lipinski definition) is 0. The number of aromatic nitrogens is 2. The molecule has 2 aromatic rings. The molecule has 2 rings (SSSR count). The van der Waals surface area contributed by atoms with E-state index >= 15 is 0 Å². The fourth-order valence-corrected chi connectivity index (χ4v) is 2.10. The maximum atomic E-state index is 12.4. The molecular weight excluding hydrogens is 252 g/mol. The highest BCUT2D eigenvalue weighted by molar-refractivity contribution is 6.35. The number of halogens is 1. The second-order valence-electron chi connectivity index (χ2n) is 4.12. The molecule has 0 saturated heterocycles. The Balaban J connectivity index is 2.65. The molecule has 4 nitrogen and oxygen atoms in total. The zero-order chi connectivity index (χ0) is 13.4. The van der Waals surface area contributed by atoms with Crippen molar-refractivity contribution in [3.8, 4) is 0 Å². The van der Waals surface area contributed by atoms with E-state index in [9.17, 15) is 9.59 Å². The fraction of sp³-hybridized carbons (Fsp3) is 0.231. The Morgan fingerprint density at radius 3 is 2.28 bits per heavy atom. The lowest BCUT2D eigenvalue weighted by Gasteiger charge is -2.02. The monoisotopic (exact) mass is 264 g/mol. The van der Waals surface area contributed by atoms with E-state index in [2.05, 4.69) is 0 Å². The minimum atomic E-state index is -0.334. The topological polar surface area (TPSA) is 44.0 Å². The molecular formula is C13H13ClN2O2. The van der Waals surface area contributed by atoms with Gasteiger partial charge in [-0.15, -0.1) is 0 Å². The molecule has 0 N–H and O–H groups in total. The van der Waals surface area contributed by atoms with Gasteiger partial charge >= 0.3 is 0 Å². The van der Waals surface area contributed by atoms with Crippen LogP contribution >= 0.6 is 11.6 Å². The van der Waals surface area contributed by atoms with E-state index in [0.29, 0.717) is 16.3 Å². The summed E-state index contributed by atoms with van der Waals surface area (Å²) in [6.07, 6.45) is 0. The van der Waals surface area contributed by atoms with Crippen LogP contribution in [0.5, 0.6) is 0 Å². The van der Waals surface area contributed by atoms with Crippen LogP contribution in [0.4, 0.5) is 0 Å². The maximum absolute atomic E-state index is 12.4. The largest absolute Gasteiger partial charge is 0.290 e. The zero-order valence-corrected chi connectivity index (χ0v) is 11.2. The smallest absolute Gasteiger partial charge is 0.277 e. The van der Waals surface area contributed by atoms with E-state index in [1.165, 1.54) is 4.68 Å². The Bertz CT molecular complexity index is 683. The fourth-order valence-electron chi connectivity index (χ4n) is 1.88. The lowest BCUT2D eigenvalue weighted by molar-refractivity contribution is 0.103. The van der Waals surface area contributed by atoms with Gasteiger partial charge in [-0.25, -0.2) is 0 Å². The van der Waals surface area contributed by atoms with Crippen molar-refractivity contribution in [1.29, 1.82) is 0 Å². The molecule has 0 saturated carbocycles.